The Labute approximate surface area is 146 Å². The molecule has 3 amide bonds. The lowest BCUT2D eigenvalue weighted by Gasteiger charge is -2.36. The van der Waals surface area contributed by atoms with E-state index in [-0.39, 0.29) is 18.0 Å². The van der Waals surface area contributed by atoms with Gasteiger partial charge >= 0.3 is 6.03 Å². The molecular formula is C15H24N6O2S. The van der Waals surface area contributed by atoms with Crippen LogP contribution in [0.25, 0.3) is 0 Å². The zero-order valence-electron chi connectivity index (χ0n) is 14.4. The molecule has 132 valence electrons. The van der Waals surface area contributed by atoms with Gasteiger partial charge in [-0.05, 0) is 25.7 Å². The van der Waals surface area contributed by atoms with Crippen LogP contribution in [0.3, 0.4) is 0 Å². The van der Waals surface area contributed by atoms with Crippen LogP contribution in [0, 0.1) is 12.8 Å². The number of rotatable bonds is 3. The van der Waals surface area contributed by atoms with E-state index in [2.05, 4.69) is 15.2 Å². The van der Waals surface area contributed by atoms with Crippen LogP contribution < -0.4 is 0 Å². The number of H-pyrrole nitrogens is 1. The van der Waals surface area contributed by atoms with Crippen LogP contribution in [0.5, 0.6) is 0 Å². The van der Waals surface area contributed by atoms with Crippen LogP contribution in [0.2, 0.25) is 0 Å². The van der Waals surface area contributed by atoms with Crippen LogP contribution in [-0.2, 0) is 4.79 Å². The molecule has 2 atom stereocenters. The number of carbonyl (C=O) groups excluding carboxylic acids is 2. The minimum Gasteiger partial charge on any atom is -0.337 e. The van der Waals surface area contributed by atoms with Crippen LogP contribution >= 0.6 is 11.8 Å². The number of aromatic nitrogens is 3. The fourth-order valence-corrected chi connectivity index (χ4v) is 4.15. The average Bonchev–Trinajstić information content (AvgIpc) is 2.77. The van der Waals surface area contributed by atoms with Crippen molar-refractivity contribution in [2.24, 2.45) is 5.92 Å². The van der Waals surface area contributed by atoms with Crippen molar-refractivity contribution in [3.8, 4) is 0 Å². The quantitative estimate of drug-likeness (QED) is 0.814. The molecule has 3 aliphatic rings. The van der Waals surface area contributed by atoms with Crippen LogP contribution in [-0.4, -0.2) is 87.3 Å². The van der Waals surface area contributed by atoms with E-state index in [1.54, 1.807) is 19.0 Å². The van der Waals surface area contributed by atoms with E-state index < -0.39 is 0 Å². The van der Waals surface area contributed by atoms with Gasteiger partial charge in [0, 0.05) is 39.8 Å². The number of aryl methyl sites for hydroxylation is 1. The number of nitrogens with one attached hydrogen (secondary N) is 1. The molecule has 0 spiro atoms. The van der Waals surface area contributed by atoms with E-state index in [1.807, 2.05) is 16.7 Å². The fourth-order valence-electron chi connectivity index (χ4n) is 3.42. The summed E-state index contributed by atoms with van der Waals surface area (Å²) in [7, 11) is 3.54. The predicted molar refractivity (Wildman–Crippen MR) is 90.7 cm³/mol. The van der Waals surface area contributed by atoms with Crippen LogP contribution in [0.15, 0.2) is 5.16 Å². The summed E-state index contributed by atoms with van der Waals surface area (Å²) in [6, 6.07) is 0.154. The minimum absolute atomic E-state index is 0.0340. The maximum atomic E-state index is 12.7. The Balaban J connectivity index is 1.62. The van der Waals surface area contributed by atoms with Gasteiger partial charge < -0.3 is 14.7 Å². The molecule has 3 fully saturated rings. The molecule has 0 radical (unpaired) electrons. The largest absolute Gasteiger partial charge is 0.337 e. The molecule has 0 unspecified atom stereocenters. The molecule has 0 aromatic carbocycles. The zero-order chi connectivity index (χ0) is 17.3. The monoisotopic (exact) mass is 352 g/mol. The summed E-state index contributed by atoms with van der Waals surface area (Å²) < 4.78 is 0. The number of nitrogens with zero attached hydrogens (tertiary/aromatic N) is 5. The predicted octanol–water partition coefficient (Wildman–Crippen LogP) is 0.810. The first-order valence-corrected chi connectivity index (χ1v) is 9.20. The molecule has 1 aromatic heterocycles. The number of piperidine rings is 1. The number of fused-ring (bicyclic) bond motifs is 4. The third kappa shape index (κ3) is 3.66. The molecule has 9 heteroatoms. The first-order chi connectivity index (χ1) is 11.4. The maximum absolute atomic E-state index is 12.7. The van der Waals surface area contributed by atoms with Crippen molar-refractivity contribution < 1.29 is 9.59 Å². The van der Waals surface area contributed by atoms with Gasteiger partial charge in [0.05, 0.1) is 5.75 Å². The third-order valence-corrected chi connectivity index (χ3v) is 5.42. The molecule has 4 rings (SSSR count). The number of carbonyl (C=O) groups is 2. The molecule has 8 nitrogen and oxygen atoms in total. The highest BCUT2D eigenvalue weighted by Gasteiger charge is 2.38. The van der Waals surface area contributed by atoms with Gasteiger partial charge in [0.2, 0.25) is 11.1 Å². The van der Waals surface area contributed by atoms with Gasteiger partial charge in [0.25, 0.3) is 0 Å². The lowest BCUT2D eigenvalue weighted by Crippen LogP contribution is -2.49. The van der Waals surface area contributed by atoms with E-state index in [9.17, 15) is 9.59 Å². The Hall–Kier alpha value is -1.77. The highest BCUT2D eigenvalue weighted by molar-refractivity contribution is 7.99. The Bertz CT molecular complexity index is 619. The number of hydrogen-bond acceptors (Lipinski definition) is 5. The Morgan fingerprint density at radius 2 is 2.08 bits per heavy atom. The van der Waals surface area contributed by atoms with Crippen molar-refractivity contribution >= 4 is 23.7 Å². The Kier molecular flexibility index (Phi) is 4.98. The molecule has 1 aromatic rings. The zero-order valence-corrected chi connectivity index (χ0v) is 15.2. The van der Waals surface area contributed by atoms with Crippen LogP contribution in [0.1, 0.15) is 18.7 Å². The van der Waals surface area contributed by atoms with Gasteiger partial charge in [-0.25, -0.2) is 9.78 Å². The van der Waals surface area contributed by atoms with Gasteiger partial charge in [-0.3, -0.25) is 9.89 Å². The summed E-state index contributed by atoms with van der Waals surface area (Å²) in [5, 5.41) is 7.44. The normalized spacial score (nSPS) is 23.3. The van der Waals surface area contributed by atoms with Gasteiger partial charge in [-0.2, -0.15) is 0 Å². The summed E-state index contributed by atoms with van der Waals surface area (Å²) in [5.41, 5.74) is 0. The standard InChI is InChI=1S/C15H24N6O2S/c1-10-16-14(18-17-10)24-9-13(22)21-7-11-4-5-12(21)8-20(6-11)15(23)19(2)3/h11-12H,4-9H2,1-3H3,(H,16,17,18)/t11-,12+/m0/s1. The van der Waals surface area contributed by atoms with Crippen molar-refractivity contribution in [3.05, 3.63) is 5.82 Å². The highest BCUT2D eigenvalue weighted by Crippen LogP contribution is 2.29. The molecule has 0 aliphatic carbocycles. The molecular weight excluding hydrogens is 328 g/mol. The maximum Gasteiger partial charge on any atom is 0.319 e. The molecule has 2 bridgehead atoms. The summed E-state index contributed by atoms with van der Waals surface area (Å²) in [5.74, 6) is 1.56. The summed E-state index contributed by atoms with van der Waals surface area (Å²) in [4.78, 5) is 34.6. The number of hydrogen-bond donors (Lipinski definition) is 1. The molecule has 24 heavy (non-hydrogen) atoms. The van der Waals surface area contributed by atoms with Gasteiger partial charge in [-0.15, -0.1) is 5.10 Å². The summed E-state index contributed by atoms with van der Waals surface area (Å²) >= 11 is 1.36. The topological polar surface area (TPSA) is 85.4 Å². The van der Waals surface area contributed by atoms with E-state index in [0.717, 1.165) is 31.8 Å². The number of aromatic amines is 1. The first kappa shape index (κ1) is 17.1. The number of amides is 3. The first-order valence-electron chi connectivity index (χ1n) is 8.21. The lowest BCUT2D eigenvalue weighted by atomic mass is 9.95. The Morgan fingerprint density at radius 3 is 2.75 bits per heavy atom. The van der Waals surface area contributed by atoms with Crippen molar-refractivity contribution in [3.63, 3.8) is 0 Å². The molecule has 3 saturated heterocycles. The van der Waals surface area contributed by atoms with Crippen molar-refractivity contribution in [2.75, 3.05) is 39.5 Å². The average molecular weight is 352 g/mol. The third-order valence-electron chi connectivity index (χ3n) is 4.59. The lowest BCUT2D eigenvalue weighted by molar-refractivity contribution is -0.132. The van der Waals surface area contributed by atoms with E-state index in [0.29, 0.717) is 23.4 Å². The second-order valence-electron chi connectivity index (χ2n) is 6.72. The molecule has 3 aliphatic heterocycles. The second kappa shape index (κ2) is 7.00. The smallest absolute Gasteiger partial charge is 0.319 e. The van der Waals surface area contributed by atoms with Crippen molar-refractivity contribution in [1.29, 1.82) is 0 Å². The number of thioether (sulfide) groups is 1. The van der Waals surface area contributed by atoms with Crippen LogP contribution in [0.4, 0.5) is 4.79 Å². The van der Waals surface area contributed by atoms with E-state index >= 15 is 0 Å². The fraction of sp³-hybridized carbons (Fsp3) is 0.733. The van der Waals surface area contributed by atoms with E-state index in [1.165, 1.54) is 11.8 Å². The van der Waals surface area contributed by atoms with Gasteiger partial charge in [0.1, 0.15) is 5.82 Å². The van der Waals surface area contributed by atoms with Gasteiger partial charge in [0.15, 0.2) is 0 Å². The summed E-state index contributed by atoms with van der Waals surface area (Å²) in [6.45, 7) is 3.95. The van der Waals surface area contributed by atoms with Crippen molar-refractivity contribution in [1.82, 2.24) is 29.9 Å². The Morgan fingerprint density at radius 1 is 1.29 bits per heavy atom. The molecule has 4 heterocycles. The second-order valence-corrected chi connectivity index (χ2v) is 7.66. The minimum atomic E-state index is 0.0340. The number of urea groups is 1. The summed E-state index contributed by atoms with van der Waals surface area (Å²) in [6.07, 6.45) is 2.05. The SMILES string of the molecule is Cc1nc(SCC(=O)N2C[C@H]3CC[C@@H]2CN(C(=O)N(C)C)C3)n[nH]1. The van der Waals surface area contributed by atoms with Crippen molar-refractivity contribution in [2.45, 2.75) is 31.0 Å². The highest BCUT2D eigenvalue weighted by atomic mass is 32.2. The molecule has 1 N–H and O–H groups in total. The van der Waals surface area contributed by atoms with Gasteiger partial charge in [-0.1, -0.05) is 11.8 Å². The molecule has 0 saturated carbocycles. The van der Waals surface area contributed by atoms with E-state index in [4.69, 9.17) is 0 Å².